The molecule has 1 aromatic rings. The zero-order valence-corrected chi connectivity index (χ0v) is 10.8. The molecule has 5 heteroatoms. The highest BCUT2D eigenvalue weighted by Gasteiger charge is 2.12. The fraction of sp³-hybridized carbons (Fsp3) is 0.455. The molecule has 0 aliphatic rings. The number of halogens is 1. The van der Waals surface area contributed by atoms with Crippen molar-refractivity contribution in [2.45, 2.75) is 12.7 Å². The van der Waals surface area contributed by atoms with Crippen LogP contribution in [0.15, 0.2) is 18.2 Å². The minimum absolute atomic E-state index is 0.0887. The molecule has 0 N–H and O–H groups in total. The van der Waals surface area contributed by atoms with Gasteiger partial charge in [0.2, 0.25) is 0 Å². The molecule has 1 atom stereocenters. The number of nitrogens with zero attached hydrogens (tertiary/aromatic N) is 1. The van der Waals surface area contributed by atoms with Gasteiger partial charge in [0.25, 0.3) is 0 Å². The van der Waals surface area contributed by atoms with Gasteiger partial charge in [0.05, 0.1) is 18.7 Å². The molecule has 0 spiro atoms. The van der Waals surface area contributed by atoms with Crippen molar-refractivity contribution in [2.75, 3.05) is 12.9 Å². The van der Waals surface area contributed by atoms with Crippen molar-refractivity contribution in [3.8, 4) is 0 Å². The van der Waals surface area contributed by atoms with E-state index in [2.05, 4.69) is 9.72 Å². The number of pyridine rings is 1. The van der Waals surface area contributed by atoms with Gasteiger partial charge in [-0.25, -0.2) is 4.98 Å². The Balaban J connectivity index is 2.33. The van der Waals surface area contributed by atoms with Gasteiger partial charge in [-0.2, -0.15) is 11.8 Å². The molecule has 0 radical (unpaired) electrons. The van der Waals surface area contributed by atoms with Crippen molar-refractivity contribution in [1.29, 1.82) is 0 Å². The molecule has 0 saturated carbocycles. The number of hydrogen-bond acceptors (Lipinski definition) is 4. The van der Waals surface area contributed by atoms with E-state index < -0.39 is 0 Å². The summed E-state index contributed by atoms with van der Waals surface area (Å²) in [4.78, 5) is 15.3. The average molecular weight is 260 g/mol. The second-order valence-corrected chi connectivity index (χ2v) is 4.81. The van der Waals surface area contributed by atoms with Crippen LogP contribution in [0.1, 0.15) is 12.6 Å². The van der Waals surface area contributed by atoms with Crippen LogP contribution in [-0.2, 0) is 15.3 Å². The third kappa shape index (κ3) is 4.41. The number of aromatic nitrogens is 1. The summed E-state index contributed by atoms with van der Waals surface area (Å²) in [5.74, 6) is 1.21. The van der Waals surface area contributed by atoms with E-state index in [4.69, 9.17) is 11.6 Å². The van der Waals surface area contributed by atoms with Crippen molar-refractivity contribution in [2.24, 2.45) is 5.92 Å². The predicted molar refractivity (Wildman–Crippen MR) is 66.6 cm³/mol. The topological polar surface area (TPSA) is 39.2 Å². The first-order chi connectivity index (χ1) is 7.63. The van der Waals surface area contributed by atoms with Crippen molar-refractivity contribution in [3.63, 3.8) is 0 Å². The SMILES string of the molecule is COC(=O)C(C)CSCc1cccc(Cl)n1. The van der Waals surface area contributed by atoms with Crippen LogP contribution in [0.4, 0.5) is 0 Å². The van der Waals surface area contributed by atoms with E-state index in [1.807, 2.05) is 19.1 Å². The normalized spacial score (nSPS) is 12.2. The van der Waals surface area contributed by atoms with E-state index in [1.165, 1.54) is 7.11 Å². The van der Waals surface area contributed by atoms with Crippen LogP contribution >= 0.6 is 23.4 Å². The fourth-order valence-corrected chi connectivity index (χ4v) is 2.30. The lowest BCUT2D eigenvalue weighted by atomic mass is 10.2. The number of rotatable bonds is 5. The van der Waals surface area contributed by atoms with Crippen molar-refractivity contribution < 1.29 is 9.53 Å². The first kappa shape index (κ1) is 13.3. The second-order valence-electron chi connectivity index (χ2n) is 3.39. The first-order valence-electron chi connectivity index (χ1n) is 4.90. The highest BCUT2D eigenvalue weighted by Crippen LogP contribution is 2.16. The maximum absolute atomic E-state index is 11.1. The summed E-state index contributed by atoms with van der Waals surface area (Å²) in [5, 5.41) is 0.499. The lowest BCUT2D eigenvalue weighted by Crippen LogP contribution is -2.14. The molecular formula is C11H14ClNO2S. The van der Waals surface area contributed by atoms with Gasteiger partial charge in [-0.15, -0.1) is 0 Å². The first-order valence-corrected chi connectivity index (χ1v) is 6.43. The summed E-state index contributed by atoms with van der Waals surface area (Å²) in [6, 6.07) is 5.53. The van der Waals surface area contributed by atoms with E-state index in [-0.39, 0.29) is 11.9 Å². The van der Waals surface area contributed by atoms with Crippen LogP contribution in [0.5, 0.6) is 0 Å². The van der Waals surface area contributed by atoms with Crippen LogP contribution < -0.4 is 0 Å². The highest BCUT2D eigenvalue weighted by atomic mass is 35.5. The number of ether oxygens (including phenoxy) is 1. The molecule has 0 fully saturated rings. The maximum Gasteiger partial charge on any atom is 0.309 e. The Morgan fingerprint density at radius 3 is 3.00 bits per heavy atom. The number of carbonyl (C=O) groups is 1. The van der Waals surface area contributed by atoms with Gasteiger partial charge < -0.3 is 4.74 Å². The zero-order valence-electron chi connectivity index (χ0n) is 9.27. The van der Waals surface area contributed by atoms with E-state index >= 15 is 0 Å². The van der Waals surface area contributed by atoms with Crippen molar-refractivity contribution in [3.05, 3.63) is 29.0 Å². The number of thioether (sulfide) groups is 1. The van der Waals surface area contributed by atoms with Crippen LogP contribution in [0.3, 0.4) is 0 Å². The molecule has 16 heavy (non-hydrogen) atoms. The Kier molecular flexibility index (Phi) is 5.63. The molecule has 0 bridgehead atoms. The molecule has 0 aromatic carbocycles. The average Bonchev–Trinajstić information content (AvgIpc) is 2.28. The zero-order chi connectivity index (χ0) is 12.0. The molecule has 0 aliphatic heterocycles. The summed E-state index contributed by atoms with van der Waals surface area (Å²) in [5.41, 5.74) is 0.926. The minimum Gasteiger partial charge on any atom is -0.469 e. The van der Waals surface area contributed by atoms with E-state index in [1.54, 1.807) is 17.8 Å². The molecule has 1 unspecified atom stereocenters. The molecule has 1 heterocycles. The lowest BCUT2D eigenvalue weighted by molar-refractivity contribution is -0.143. The standard InChI is InChI=1S/C11H14ClNO2S/c1-8(11(14)15-2)6-16-7-9-4-3-5-10(12)13-9/h3-5,8H,6-7H2,1-2H3. The summed E-state index contributed by atoms with van der Waals surface area (Å²) >= 11 is 7.41. The second kappa shape index (κ2) is 6.76. The number of carbonyl (C=O) groups excluding carboxylic acids is 1. The van der Waals surface area contributed by atoms with Gasteiger partial charge in [0.1, 0.15) is 5.15 Å². The molecule has 1 rings (SSSR count). The molecular weight excluding hydrogens is 246 g/mol. The Bertz CT molecular complexity index is 360. The van der Waals surface area contributed by atoms with Crippen molar-refractivity contribution >= 4 is 29.3 Å². The van der Waals surface area contributed by atoms with Crippen LogP contribution in [0.2, 0.25) is 5.15 Å². The third-order valence-corrected chi connectivity index (χ3v) is 3.44. The van der Waals surface area contributed by atoms with Crippen LogP contribution in [0.25, 0.3) is 0 Å². The van der Waals surface area contributed by atoms with Gasteiger partial charge in [0.15, 0.2) is 0 Å². The molecule has 88 valence electrons. The number of methoxy groups -OCH3 is 1. The summed E-state index contributed by atoms with van der Waals surface area (Å²) in [6.45, 7) is 1.85. The summed E-state index contributed by atoms with van der Waals surface area (Å²) in [6.07, 6.45) is 0. The monoisotopic (exact) mass is 259 g/mol. The Labute approximate surface area is 105 Å². The summed E-state index contributed by atoms with van der Waals surface area (Å²) in [7, 11) is 1.40. The molecule has 0 amide bonds. The molecule has 1 aromatic heterocycles. The number of esters is 1. The van der Waals surface area contributed by atoms with Crippen molar-refractivity contribution in [1.82, 2.24) is 4.98 Å². The van der Waals surface area contributed by atoms with Gasteiger partial charge in [-0.3, -0.25) is 4.79 Å². The predicted octanol–water partition coefficient (Wildman–Crippen LogP) is 2.78. The van der Waals surface area contributed by atoms with E-state index in [0.29, 0.717) is 5.15 Å². The largest absolute Gasteiger partial charge is 0.469 e. The van der Waals surface area contributed by atoms with Crippen LogP contribution in [0, 0.1) is 5.92 Å². The quantitative estimate of drug-likeness (QED) is 0.602. The molecule has 0 saturated heterocycles. The highest BCUT2D eigenvalue weighted by molar-refractivity contribution is 7.98. The van der Waals surface area contributed by atoms with Gasteiger partial charge in [0, 0.05) is 11.5 Å². The van der Waals surface area contributed by atoms with E-state index in [9.17, 15) is 4.79 Å². The third-order valence-electron chi connectivity index (χ3n) is 1.99. The van der Waals surface area contributed by atoms with Gasteiger partial charge >= 0.3 is 5.97 Å². The minimum atomic E-state index is -0.174. The lowest BCUT2D eigenvalue weighted by Gasteiger charge is -2.08. The fourth-order valence-electron chi connectivity index (χ4n) is 1.14. The smallest absolute Gasteiger partial charge is 0.309 e. The van der Waals surface area contributed by atoms with Gasteiger partial charge in [-0.1, -0.05) is 24.6 Å². The summed E-state index contributed by atoms with van der Waals surface area (Å²) < 4.78 is 4.64. The van der Waals surface area contributed by atoms with E-state index in [0.717, 1.165) is 17.2 Å². The van der Waals surface area contributed by atoms with Gasteiger partial charge in [-0.05, 0) is 12.1 Å². The maximum atomic E-state index is 11.1. The molecule has 0 aliphatic carbocycles. The molecule has 3 nitrogen and oxygen atoms in total. The Hall–Kier alpha value is -0.740. The Morgan fingerprint density at radius 1 is 1.62 bits per heavy atom. The number of hydrogen-bond donors (Lipinski definition) is 0. The Morgan fingerprint density at radius 2 is 2.38 bits per heavy atom. The van der Waals surface area contributed by atoms with Crippen LogP contribution in [-0.4, -0.2) is 23.8 Å².